The number of unbranched alkanes of at least 4 members (excludes halogenated alkanes) is 24. The van der Waals surface area contributed by atoms with Crippen molar-refractivity contribution in [2.75, 3.05) is 0 Å². The van der Waals surface area contributed by atoms with E-state index in [2.05, 4.69) is 57.8 Å². The summed E-state index contributed by atoms with van der Waals surface area (Å²) in [7, 11) is 0. The average molecular weight is 785 g/mol. The molecule has 0 spiro atoms. The molecular formula is C40H64Br2OS2. The molecule has 0 N–H and O–H groups in total. The molecule has 0 radical (unpaired) electrons. The molecule has 0 fully saturated rings. The van der Waals surface area contributed by atoms with Gasteiger partial charge in [-0.3, -0.25) is 4.79 Å². The van der Waals surface area contributed by atoms with Gasteiger partial charge in [0.15, 0.2) is 5.78 Å². The Balaban J connectivity index is 1.44. The zero-order chi connectivity index (χ0) is 32.2. The topological polar surface area (TPSA) is 17.1 Å². The Bertz CT molecular complexity index is 1040. The summed E-state index contributed by atoms with van der Waals surface area (Å²) in [5, 5.41) is 0. The second-order valence-electron chi connectivity index (χ2n) is 14.0. The standard InChI is InChI=1S/C40H64Br2OS2/c1-3-5-7-9-11-13-15-17-19-21-23-25-27-29-40(30-28-26-24-22-20-18-16-14-12-10-8-6-4-2)34-32-36(42)45-38(34)37-33(39(40)43)31-35(41)44-37/h31-32H,3-30H2,1-2H3. The third kappa shape index (κ3) is 13.5. The average Bonchev–Trinajstić information content (AvgIpc) is 3.62. The summed E-state index contributed by atoms with van der Waals surface area (Å²) in [6.45, 7) is 4.59. The van der Waals surface area contributed by atoms with Crippen LogP contribution in [0.4, 0.5) is 0 Å². The van der Waals surface area contributed by atoms with Gasteiger partial charge in [0.2, 0.25) is 0 Å². The molecule has 0 atom stereocenters. The Morgan fingerprint density at radius 1 is 0.489 bits per heavy atom. The minimum Gasteiger partial charge on any atom is -0.293 e. The zero-order valence-corrected chi connectivity index (χ0v) is 33.7. The normalized spacial score (nSPS) is 13.8. The SMILES string of the molecule is CCCCCCCCCCCCCCCC1(CCCCCCCCCCCCCCC)C(=O)c2cc(Br)sc2-c2sc(Br)cc21. The Kier molecular flexibility index (Phi) is 20.5. The molecule has 5 heteroatoms. The van der Waals surface area contributed by atoms with Crippen LogP contribution in [0.25, 0.3) is 9.75 Å². The highest BCUT2D eigenvalue weighted by Gasteiger charge is 2.47. The molecule has 0 aliphatic heterocycles. The number of carbonyl (C=O) groups excluding carboxylic acids is 1. The maximum Gasteiger partial charge on any atom is 0.174 e. The molecule has 0 amide bonds. The van der Waals surface area contributed by atoms with Crippen LogP contribution in [0, 0.1) is 0 Å². The van der Waals surface area contributed by atoms with Crippen molar-refractivity contribution in [1.29, 1.82) is 0 Å². The summed E-state index contributed by atoms with van der Waals surface area (Å²) in [6, 6.07) is 4.42. The molecule has 2 aromatic rings. The lowest BCUT2D eigenvalue weighted by Crippen LogP contribution is -2.38. The first kappa shape index (κ1) is 39.5. The van der Waals surface area contributed by atoms with Crippen LogP contribution in [0.5, 0.6) is 0 Å². The molecule has 0 unspecified atom stereocenters. The van der Waals surface area contributed by atoms with Crippen molar-refractivity contribution in [3.63, 3.8) is 0 Å². The van der Waals surface area contributed by atoms with Crippen molar-refractivity contribution in [1.82, 2.24) is 0 Å². The maximum absolute atomic E-state index is 14.4. The van der Waals surface area contributed by atoms with Gasteiger partial charge in [-0.15, -0.1) is 22.7 Å². The number of ketones is 1. The second kappa shape index (κ2) is 23.4. The monoisotopic (exact) mass is 782 g/mol. The van der Waals surface area contributed by atoms with Crippen molar-refractivity contribution in [2.45, 2.75) is 199 Å². The minimum atomic E-state index is -0.346. The molecule has 2 aromatic heterocycles. The molecule has 256 valence electrons. The van der Waals surface area contributed by atoms with Gasteiger partial charge >= 0.3 is 0 Å². The highest BCUT2D eigenvalue weighted by Crippen LogP contribution is 2.55. The van der Waals surface area contributed by atoms with Crippen molar-refractivity contribution in [2.24, 2.45) is 0 Å². The van der Waals surface area contributed by atoms with Gasteiger partial charge in [-0.25, -0.2) is 0 Å². The van der Waals surface area contributed by atoms with Crippen molar-refractivity contribution in [3.8, 4) is 9.75 Å². The summed E-state index contributed by atoms with van der Waals surface area (Å²) < 4.78 is 2.24. The molecule has 1 aliphatic rings. The third-order valence-electron chi connectivity index (χ3n) is 10.2. The van der Waals surface area contributed by atoms with E-state index < -0.39 is 0 Å². The van der Waals surface area contributed by atoms with Crippen molar-refractivity contribution >= 4 is 60.3 Å². The van der Waals surface area contributed by atoms with Crippen LogP contribution in [0.1, 0.15) is 210 Å². The van der Waals surface area contributed by atoms with Crippen molar-refractivity contribution in [3.05, 3.63) is 30.8 Å². The number of halogens is 2. The molecule has 0 saturated carbocycles. The van der Waals surface area contributed by atoms with E-state index >= 15 is 0 Å². The van der Waals surface area contributed by atoms with Crippen LogP contribution in [0.2, 0.25) is 0 Å². The first-order valence-electron chi connectivity index (χ1n) is 19.2. The Labute approximate surface area is 302 Å². The highest BCUT2D eigenvalue weighted by atomic mass is 79.9. The van der Waals surface area contributed by atoms with Gasteiger partial charge < -0.3 is 0 Å². The van der Waals surface area contributed by atoms with Gasteiger partial charge in [0.1, 0.15) is 0 Å². The van der Waals surface area contributed by atoms with E-state index in [9.17, 15) is 4.79 Å². The number of hydrogen-bond acceptors (Lipinski definition) is 3. The van der Waals surface area contributed by atoms with E-state index in [1.807, 2.05) is 11.3 Å². The quantitative estimate of drug-likeness (QED) is 0.0786. The van der Waals surface area contributed by atoms with E-state index in [0.717, 1.165) is 38.8 Å². The summed E-state index contributed by atoms with van der Waals surface area (Å²) in [5.74, 6) is 0.398. The summed E-state index contributed by atoms with van der Waals surface area (Å²) >= 11 is 11.1. The number of fused-ring (bicyclic) bond motifs is 3. The molecule has 3 rings (SSSR count). The van der Waals surface area contributed by atoms with Crippen molar-refractivity contribution < 1.29 is 4.79 Å². The Morgan fingerprint density at radius 3 is 1.22 bits per heavy atom. The lowest BCUT2D eigenvalue weighted by atomic mass is 9.65. The van der Waals surface area contributed by atoms with Gasteiger partial charge in [0, 0.05) is 5.56 Å². The predicted molar refractivity (Wildman–Crippen MR) is 210 cm³/mol. The van der Waals surface area contributed by atoms with Crippen LogP contribution in [0.3, 0.4) is 0 Å². The first-order valence-corrected chi connectivity index (χ1v) is 22.4. The summed E-state index contributed by atoms with van der Waals surface area (Å²) in [6.07, 6.45) is 37.5. The number of hydrogen-bond donors (Lipinski definition) is 0. The fourth-order valence-corrected chi connectivity index (χ4v) is 10.9. The van der Waals surface area contributed by atoms with Gasteiger partial charge in [0.25, 0.3) is 0 Å². The smallest absolute Gasteiger partial charge is 0.174 e. The zero-order valence-electron chi connectivity index (χ0n) is 28.9. The van der Waals surface area contributed by atoms with E-state index in [4.69, 9.17) is 0 Å². The van der Waals surface area contributed by atoms with Gasteiger partial charge in [-0.05, 0) is 62.4 Å². The summed E-state index contributed by atoms with van der Waals surface area (Å²) in [5.41, 5.74) is 1.95. The summed E-state index contributed by atoms with van der Waals surface area (Å²) in [4.78, 5) is 16.9. The van der Waals surface area contributed by atoms with E-state index in [1.54, 1.807) is 11.3 Å². The molecule has 0 aromatic carbocycles. The van der Waals surface area contributed by atoms with E-state index in [1.165, 1.54) is 169 Å². The van der Waals surface area contributed by atoms with E-state index in [0.29, 0.717) is 5.78 Å². The fraction of sp³-hybridized carbons (Fsp3) is 0.775. The molecular weight excluding hydrogens is 720 g/mol. The fourth-order valence-electron chi connectivity index (χ4n) is 7.47. The number of carbonyl (C=O) groups is 1. The minimum absolute atomic E-state index is 0.346. The second-order valence-corrected chi connectivity index (χ2v) is 18.8. The van der Waals surface area contributed by atoms with Gasteiger partial charge in [0.05, 0.1) is 22.7 Å². The highest BCUT2D eigenvalue weighted by molar-refractivity contribution is 9.11. The molecule has 0 saturated heterocycles. The molecule has 45 heavy (non-hydrogen) atoms. The van der Waals surface area contributed by atoms with Crippen LogP contribution in [-0.4, -0.2) is 5.78 Å². The lowest BCUT2D eigenvalue weighted by Gasteiger charge is -2.36. The Hall–Kier alpha value is 0.0300. The van der Waals surface area contributed by atoms with Gasteiger partial charge in [-0.1, -0.05) is 181 Å². The maximum atomic E-state index is 14.4. The lowest BCUT2D eigenvalue weighted by molar-refractivity contribution is 0.0855. The largest absolute Gasteiger partial charge is 0.293 e. The number of rotatable bonds is 28. The molecule has 0 bridgehead atoms. The van der Waals surface area contributed by atoms with E-state index in [-0.39, 0.29) is 5.41 Å². The van der Waals surface area contributed by atoms with Crippen LogP contribution >= 0.6 is 54.5 Å². The van der Waals surface area contributed by atoms with Crippen LogP contribution in [-0.2, 0) is 5.41 Å². The van der Waals surface area contributed by atoms with Gasteiger partial charge in [-0.2, -0.15) is 0 Å². The first-order chi connectivity index (χ1) is 22.0. The molecule has 1 aliphatic carbocycles. The Morgan fingerprint density at radius 2 is 0.822 bits per heavy atom. The number of thiophene rings is 2. The third-order valence-corrected chi connectivity index (χ3v) is 13.7. The van der Waals surface area contributed by atoms with Crippen LogP contribution in [0.15, 0.2) is 19.7 Å². The predicted octanol–water partition coefficient (Wildman–Crippen LogP) is 16.4. The number of Topliss-reactive ketones (excluding diaryl/α,β-unsaturated/α-hetero) is 1. The molecule has 2 heterocycles. The van der Waals surface area contributed by atoms with Crippen LogP contribution < -0.4 is 0 Å². The molecule has 1 nitrogen and oxygen atoms in total.